The number of piperidine rings is 1. The van der Waals surface area contributed by atoms with Gasteiger partial charge < -0.3 is 10.2 Å². The molecule has 0 radical (unpaired) electrons. The summed E-state index contributed by atoms with van der Waals surface area (Å²) >= 11 is 6.06. The summed E-state index contributed by atoms with van der Waals surface area (Å²) in [6.07, 6.45) is 6.09. The van der Waals surface area contributed by atoms with Gasteiger partial charge in [0.2, 0.25) is 0 Å². The number of nitrogens with one attached hydrogen (secondary N) is 1. The summed E-state index contributed by atoms with van der Waals surface area (Å²) in [5.41, 5.74) is 4.70. The molecule has 1 amide bonds. The van der Waals surface area contributed by atoms with E-state index in [1.165, 1.54) is 42.5 Å². The van der Waals surface area contributed by atoms with E-state index in [-0.39, 0.29) is 11.9 Å². The normalized spacial score (nSPS) is 18.2. The molecular formula is C24H30ClN3O. The van der Waals surface area contributed by atoms with Crippen LogP contribution in [0.5, 0.6) is 0 Å². The van der Waals surface area contributed by atoms with Crippen LogP contribution in [0.4, 0.5) is 5.69 Å². The van der Waals surface area contributed by atoms with Gasteiger partial charge in [-0.2, -0.15) is 0 Å². The standard InChI is InChI=1S/C24H30ClN3O/c1-27-12-6-8-18-15-19(10-11-22(18)27)23(28-13-3-2-4-14-28)17-26-24(29)20-7-5-9-21(25)16-20/h5,7,9-11,15-16,23H,2-4,6,8,12-14,17H2,1H3,(H,26,29)/t23-/m0/s1. The van der Waals surface area contributed by atoms with Crippen LogP contribution < -0.4 is 10.2 Å². The second-order valence-electron chi connectivity index (χ2n) is 8.25. The average molecular weight is 412 g/mol. The minimum absolute atomic E-state index is 0.0628. The highest BCUT2D eigenvalue weighted by molar-refractivity contribution is 6.30. The Hall–Kier alpha value is -2.04. The van der Waals surface area contributed by atoms with Gasteiger partial charge in [0.25, 0.3) is 5.91 Å². The van der Waals surface area contributed by atoms with Gasteiger partial charge in [-0.1, -0.05) is 36.2 Å². The van der Waals surface area contributed by atoms with E-state index in [0.29, 0.717) is 17.1 Å². The molecular weight excluding hydrogens is 382 g/mol. The monoisotopic (exact) mass is 411 g/mol. The van der Waals surface area contributed by atoms with Crippen molar-refractivity contribution in [1.29, 1.82) is 0 Å². The number of amides is 1. The number of nitrogens with zero attached hydrogens (tertiary/aromatic N) is 2. The first-order chi connectivity index (χ1) is 14.1. The summed E-state index contributed by atoms with van der Waals surface area (Å²) in [5.74, 6) is -0.0628. The lowest BCUT2D eigenvalue weighted by molar-refractivity contribution is 0.0924. The Morgan fingerprint density at radius 3 is 2.69 bits per heavy atom. The molecule has 2 aliphatic rings. The molecule has 0 aliphatic carbocycles. The number of fused-ring (bicyclic) bond motifs is 1. The van der Waals surface area contributed by atoms with Gasteiger partial charge in [-0.3, -0.25) is 9.69 Å². The SMILES string of the molecule is CN1CCCc2cc([C@H](CNC(=O)c3cccc(Cl)c3)N3CCCCC3)ccc21. The van der Waals surface area contributed by atoms with Crippen molar-refractivity contribution < 1.29 is 4.79 Å². The van der Waals surface area contributed by atoms with E-state index in [0.717, 1.165) is 26.1 Å². The van der Waals surface area contributed by atoms with Crippen molar-refractivity contribution in [2.24, 2.45) is 0 Å². The number of anilines is 1. The van der Waals surface area contributed by atoms with Crippen LogP contribution >= 0.6 is 11.6 Å². The number of benzene rings is 2. The van der Waals surface area contributed by atoms with Gasteiger partial charge in [-0.05, 0) is 74.2 Å². The molecule has 1 saturated heterocycles. The number of carbonyl (C=O) groups excluding carboxylic acids is 1. The number of rotatable bonds is 5. The molecule has 2 aliphatic heterocycles. The van der Waals surface area contributed by atoms with E-state index in [2.05, 4.69) is 40.4 Å². The largest absolute Gasteiger partial charge is 0.374 e. The topological polar surface area (TPSA) is 35.6 Å². The van der Waals surface area contributed by atoms with Gasteiger partial charge in [-0.25, -0.2) is 0 Å². The summed E-state index contributed by atoms with van der Waals surface area (Å²) in [6.45, 7) is 3.92. The third-order valence-corrected chi connectivity index (χ3v) is 6.45. The van der Waals surface area contributed by atoms with Crippen LogP contribution in [0.2, 0.25) is 5.02 Å². The molecule has 0 spiro atoms. The van der Waals surface area contributed by atoms with Gasteiger partial charge in [0.05, 0.1) is 6.04 Å². The molecule has 154 valence electrons. The van der Waals surface area contributed by atoms with Crippen molar-refractivity contribution in [3.05, 3.63) is 64.2 Å². The van der Waals surface area contributed by atoms with Crippen molar-refractivity contribution >= 4 is 23.2 Å². The first-order valence-corrected chi connectivity index (χ1v) is 11.1. The van der Waals surface area contributed by atoms with E-state index >= 15 is 0 Å². The van der Waals surface area contributed by atoms with Gasteiger partial charge in [0, 0.05) is 36.4 Å². The van der Waals surface area contributed by atoms with E-state index in [9.17, 15) is 4.79 Å². The number of aryl methyl sites for hydroxylation is 1. The molecule has 5 heteroatoms. The summed E-state index contributed by atoms with van der Waals surface area (Å²) in [5, 5.41) is 3.75. The van der Waals surface area contributed by atoms with Crippen LogP contribution in [0.15, 0.2) is 42.5 Å². The lowest BCUT2D eigenvalue weighted by Crippen LogP contribution is -2.40. The minimum Gasteiger partial charge on any atom is -0.374 e. The van der Waals surface area contributed by atoms with Gasteiger partial charge >= 0.3 is 0 Å². The van der Waals surface area contributed by atoms with Gasteiger partial charge in [-0.15, -0.1) is 0 Å². The van der Waals surface area contributed by atoms with Crippen molar-refractivity contribution in [3.8, 4) is 0 Å². The molecule has 29 heavy (non-hydrogen) atoms. The van der Waals surface area contributed by atoms with Crippen LogP contribution in [-0.4, -0.2) is 44.0 Å². The molecule has 1 N–H and O–H groups in total. The predicted octanol–water partition coefficient (Wildman–Crippen LogP) is 4.68. The quantitative estimate of drug-likeness (QED) is 0.775. The number of halogens is 1. The van der Waals surface area contributed by atoms with Crippen LogP contribution in [0.1, 0.15) is 53.2 Å². The zero-order valence-corrected chi connectivity index (χ0v) is 17.9. The second-order valence-corrected chi connectivity index (χ2v) is 8.68. The fourth-order valence-electron chi connectivity index (χ4n) is 4.62. The number of carbonyl (C=O) groups is 1. The maximum absolute atomic E-state index is 12.7. The molecule has 4 nitrogen and oxygen atoms in total. The van der Waals surface area contributed by atoms with Crippen LogP contribution in [0.3, 0.4) is 0 Å². The lowest BCUT2D eigenvalue weighted by atomic mass is 9.95. The highest BCUT2D eigenvalue weighted by Crippen LogP contribution is 2.31. The fraction of sp³-hybridized carbons (Fsp3) is 0.458. The molecule has 0 unspecified atom stereocenters. The average Bonchev–Trinajstić information content (AvgIpc) is 2.74. The number of hydrogen-bond donors (Lipinski definition) is 1. The van der Waals surface area contributed by atoms with E-state index < -0.39 is 0 Å². The molecule has 2 aromatic carbocycles. The summed E-state index contributed by atoms with van der Waals surface area (Å²) < 4.78 is 0. The van der Waals surface area contributed by atoms with Crippen molar-refractivity contribution in [1.82, 2.24) is 10.2 Å². The fourth-order valence-corrected chi connectivity index (χ4v) is 4.81. The molecule has 1 atom stereocenters. The Labute approximate surface area is 178 Å². The van der Waals surface area contributed by atoms with Crippen LogP contribution in [0.25, 0.3) is 0 Å². The van der Waals surface area contributed by atoms with Gasteiger partial charge in [0.15, 0.2) is 0 Å². The molecule has 2 heterocycles. The zero-order chi connectivity index (χ0) is 20.2. The van der Waals surface area contributed by atoms with E-state index in [4.69, 9.17) is 11.6 Å². The van der Waals surface area contributed by atoms with Gasteiger partial charge in [0.1, 0.15) is 0 Å². The van der Waals surface area contributed by atoms with Crippen molar-refractivity contribution in [2.75, 3.05) is 38.1 Å². The van der Waals surface area contributed by atoms with Crippen LogP contribution in [0, 0.1) is 0 Å². The molecule has 0 saturated carbocycles. The predicted molar refractivity (Wildman–Crippen MR) is 120 cm³/mol. The molecule has 1 fully saturated rings. The Kier molecular flexibility index (Phi) is 6.41. The van der Waals surface area contributed by atoms with Crippen LogP contribution in [-0.2, 0) is 6.42 Å². The van der Waals surface area contributed by atoms with Crippen molar-refractivity contribution in [3.63, 3.8) is 0 Å². The smallest absolute Gasteiger partial charge is 0.251 e. The maximum Gasteiger partial charge on any atom is 0.251 e. The maximum atomic E-state index is 12.7. The molecule has 0 aromatic heterocycles. The Balaban J connectivity index is 1.54. The molecule has 4 rings (SSSR count). The lowest BCUT2D eigenvalue weighted by Gasteiger charge is -2.36. The van der Waals surface area contributed by atoms with E-state index in [1.807, 2.05) is 12.1 Å². The third-order valence-electron chi connectivity index (χ3n) is 6.21. The van der Waals surface area contributed by atoms with Crippen molar-refractivity contribution in [2.45, 2.75) is 38.1 Å². The summed E-state index contributed by atoms with van der Waals surface area (Å²) in [7, 11) is 2.17. The highest BCUT2D eigenvalue weighted by atomic mass is 35.5. The first-order valence-electron chi connectivity index (χ1n) is 10.7. The Bertz CT molecular complexity index is 863. The first kappa shape index (κ1) is 20.2. The zero-order valence-electron chi connectivity index (χ0n) is 17.2. The summed E-state index contributed by atoms with van der Waals surface area (Å²) in [4.78, 5) is 17.6. The number of likely N-dealkylation sites (tertiary alicyclic amines) is 1. The highest BCUT2D eigenvalue weighted by Gasteiger charge is 2.25. The molecule has 2 aromatic rings. The summed E-state index contributed by atoms with van der Waals surface area (Å²) in [6, 6.07) is 14.2. The number of hydrogen-bond acceptors (Lipinski definition) is 3. The third kappa shape index (κ3) is 4.76. The molecule has 0 bridgehead atoms. The Morgan fingerprint density at radius 2 is 1.90 bits per heavy atom. The Morgan fingerprint density at radius 1 is 1.07 bits per heavy atom. The minimum atomic E-state index is -0.0628. The second kappa shape index (κ2) is 9.19. The van der Waals surface area contributed by atoms with E-state index in [1.54, 1.807) is 12.1 Å².